The zero-order valence-corrected chi connectivity index (χ0v) is 12.6. The summed E-state index contributed by atoms with van der Waals surface area (Å²) < 4.78 is 1.08. The quantitative estimate of drug-likeness (QED) is 0.254. The van der Waals surface area contributed by atoms with Gasteiger partial charge < -0.3 is 0 Å². The number of fused-ring (bicyclic) bond motifs is 1. The number of amides is 1. The van der Waals surface area contributed by atoms with Crippen molar-refractivity contribution >= 4 is 39.1 Å². The molecule has 2 heterocycles. The monoisotopic (exact) mass is 316 g/mol. The third-order valence-electron chi connectivity index (χ3n) is 2.95. The molecule has 2 aromatic heterocycles. The fourth-order valence-corrected chi connectivity index (χ4v) is 4.09. The van der Waals surface area contributed by atoms with Crippen LogP contribution in [0.4, 0.5) is 0 Å². The summed E-state index contributed by atoms with van der Waals surface area (Å²) in [6, 6.07) is 9.81. The maximum absolute atomic E-state index is 12.0. The molecular formula is C14H12N4OS2. The van der Waals surface area contributed by atoms with Crippen LogP contribution in [-0.4, -0.2) is 15.9 Å². The van der Waals surface area contributed by atoms with Crippen molar-refractivity contribution in [3.8, 4) is 0 Å². The van der Waals surface area contributed by atoms with Gasteiger partial charge >= 0.3 is 0 Å². The molecule has 5 nitrogen and oxygen atoms in total. The molecule has 3 N–H and O–H groups in total. The van der Waals surface area contributed by atoms with E-state index >= 15 is 0 Å². The van der Waals surface area contributed by atoms with Crippen molar-refractivity contribution in [3.63, 3.8) is 0 Å². The molecule has 0 spiro atoms. The molecule has 0 aliphatic heterocycles. The highest BCUT2D eigenvalue weighted by Crippen LogP contribution is 2.35. The van der Waals surface area contributed by atoms with E-state index in [-0.39, 0.29) is 5.91 Å². The van der Waals surface area contributed by atoms with Crippen molar-refractivity contribution in [2.24, 2.45) is 5.84 Å². The predicted octanol–water partition coefficient (Wildman–Crippen LogP) is 2.59. The summed E-state index contributed by atoms with van der Waals surface area (Å²) in [6.07, 6.45) is 3.22. The minimum Gasteiger partial charge on any atom is -0.289 e. The number of hydrazine groups is 1. The van der Waals surface area contributed by atoms with E-state index in [1.807, 2.05) is 30.3 Å². The first kappa shape index (κ1) is 14.0. The first-order chi connectivity index (χ1) is 10.3. The highest BCUT2D eigenvalue weighted by molar-refractivity contribution is 7.98. The summed E-state index contributed by atoms with van der Waals surface area (Å²) in [5.41, 5.74) is 3.21. The van der Waals surface area contributed by atoms with Gasteiger partial charge in [-0.3, -0.25) is 10.2 Å². The van der Waals surface area contributed by atoms with Gasteiger partial charge in [-0.05, 0) is 23.1 Å². The Morgan fingerprint density at radius 2 is 2.19 bits per heavy atom. The van der Waals surface area contributed by atoms with Crippen LogP contribution in [-0.2, 0) is 5.75 Å². The molecule has 21 heavy (non-hydrogen) atoms. The molecule has 0 saturated carbocycles. The summed E-state index contributed by atoms with van der Waals surface area (Å²) in [4.78, 5) is 20.7. The van der Waals surface area contributed by atoms with E-state index in [9.17, 15) is 4.79 Å². The summed E-state index contributed by atoms with van der Waals surface area (Å²) in [5.74, 6) is 5.68. The number of nitrogens with zero attached hydrogens (tertiary/aromatic N) is 2. The number of carbonyl (C=O) groups is 1. The van der Waals surface area contributed by atoms with Crippen LogP contribution < -0.4 is 11.3 Å². The summed E-state index contributed by atoms with van der Waals surface area (Å²) in [7, 11) is 0. The minimum absolute atomic E-state index is 0.255. The lowest BCUT2D eigenvalue weighted by molar-refractivity contribution is 0.0957. The van der Waals surface area contributed by atoms with E-state index in [2.05, 4.69) is 15.4 Å². The van der Waals surface area contributed by atoms with Crippen molar-refractivity contribution in [2.75, 3.05) is 0 Å². The van der Waals surface area contributed by atoms with Gasteiger partial charge in [0.1, 0.15) is 6.33 Å². The molecule has 1 aromatic carbocycles. The molecule has 7 heteroatoms. The first-order valence-electron chi connectivity index (χ1n) is 6.19. The van der Waals surface area contributed by atoms with Crippen LogP contribution in [0.5, 0.6) is 0 Å². The molecule has 0 aliphatic rings. The SMILES string of the molecule is NNC(=O)c1sc2ccccc2c1CSc1ccncn1. The number of carbonyl (C=O) groups excluding carboxylic acids is 1. The van der Waals surface area contributed by atoms with Crippen molar-refractivity contribution in [3.05, 3.63) is 53.3 Å². The highest BCUT2D eigenvalue weighted by atomic mass is 32.2. The van der Waals surface area contributed by atoms with Crippen molar-refractivity contribution < 1.29 is 4.79 Å². The van der Waals surface area contributed by atoms with Crippen LogP contribution in [0.2, 0.25) is 0 Å². The topological polar surface area (TPSA) is 80.9 Å². The molecule has 1 amide bonds. The minimum atomic E-state index is -0.255. The zero-order valence-electron chi connectivity index (χ0n) is 10.9. The van der Waals surface area contributed by atoms with Gasteiger partial charge in [0.15, 0.2) is 0 Å². The third-order valence-corrected chi connectivity index (χ3v) is 5.14. The first-order valence-corrected chi connectivity index (χ1v) is 8.00. The number of nitrogens with one attached hydrogen (secondary N) is 1. The van der Waals surface area contributed by atoms with Gasteiger partial charge in [0, 0.05) is 16.6 Å². The Bertz CT molecular complexity index is 773. The van der Waals surface area contributed by atoms with Gasteiger partial charge in [-0.1, -0.05) is 18.2 Å². The van der Waals surface area contributed by atoms with Crippen LogP contribution in [0, 0.1) is 0 Å². The molecule has 0 saturated heterocycles. The summed E-state index contributed by atoms with van der Waals surface area (Å²) in [6.45, 7) is 0. The van der Waals surface area contributed by atoms with E-state index in [1.54, 1.807) is 18.0 Å². The maximum Gasteiger partial charge on any atom is 0.275 e. The molecule has 0 atom stereocenters. The Kier molecular flexibility index (Phi) is 4.14. The standard InChI is InChI=1S/C14H12N4OS2/c15-18-14(19)13-10(7-20-12-5-6-16-8-17-12)9-3-1-2-4-11(9)21-13/h1-6,8H,7,15H2,(H,18,19). The molecule has 3 rings (SSSR count). The number of nitrogens with two attached hydrogens (primary N) is 1. The van der Waals surface area contributed by atoms with Gasteiger partial charge in [-0.15, -0.1) is 23.1 Å². The number of hydrogen-bond donors (Lipinski definition) is 2. The molecule has 0 aliphatic carbocycles. The van der Waals surface area contributed by atoms with Crippen LogP contribution in [0.25, 0.3) is 10.1 Å². The second-order valence-electron chi connectivity index (χ2n) is 4.22. The van der Waals surface area contributed by atoms with Crippen molar-refractivity contribution in [1.82, 2.24) is 15.4 Å². The van der Waals surface area contributed by atoms with Gasteiger partial charge in [0.2, 0.25) is 0 Å². The van der Waals surface area contributed by atoms with E-state index in [4.69, 9.17) is 5.84 Å². The number of nitrogen functional groups attached to an aromatic ring is 1. The Morgan fingerprint density at radius 3 is 2.95 bits per heavy atom. The fraction of sp³-hybridized carbons (Fsp3) is 0.0714. The maximum atomic E-state index is 12.0. The molecule has 106 valence electrons. The zero-order chi connectivity index (χ0) is 14.7. The van der Waals surface area contributed by atoms with E-state index in [1.165, 1.54) is 17.7 Å². The van der Waals surface area contributed by atoms with E-state index < -0.39 is 0 Å². The van der Waals surface area contributed by atoms with Gasteiger partial charge in [0.25, 0.3) is 5.91 Å². The van der Waals surface area contributed by atoms with Gasteiger partial charge in [0.05, 0.1) is 9.90 Å². The summed E-state index contributed by atoms with van der Waals surface area (Å²) >= 11 is 3.02. The largest absolute Gasteiger partial charge is 0.289 e. The van der Waals surface area contributed by atoms with Crippen LogP contribution in [0.1, 0.15) is 15.2 Å². The average Bonchev–Trinajstić information content (AvgIpc) is 2.92. The molecule has 3 aromatic rings. The fourth-order valence-electron chi connectivity index (χ4n) is 2.00. The molecular weight excluding hydrogens is 304 g/mol. The number of hydrogen-bond acceptors (Lipinski definition) is 6. The van der Waals surface area contributed by atoms with Crippen molar-refractivity contribution in [1.29, 1.82) is 0 Å². The molecule has 0 bridgehead atoms. The van der Waals surface area contributed by atoms with E-state index in [0.29, 0.717) is 10.6 Å². The number of aromatic nitrogens is 2. The Morgan fingerprint density at radius 1 is 1.33 bits per heavy atom. The number of rotatable bonds is 4. The lowest BCUT2D eigenvalue weighted by Crippen LogP contribution is -2.29. The third kappa shape index (κ3) is 2.90. The van der Waals surface area contributed by atoms with Crippen LogP contribution >= 0.6 is 23.1 Å². The Hall–Kier alpha value is -1.96. The van der Waals surface area contributed by atoms with E-state index in [0.717, 1.165) is 20.7 Å². The number of thioether (sulfide) groups is 1. The van der Waals surface area contributed by atoms with Crippen molar-refractivity contribution in [2.45, 2.75) is 10.8 Å². The molecule has 0 radical (unpaired) electrons. The van der Waals surface area contributed by atoms with Gasteiger partial charge in [-0.2, -0.15) is 0 Å². The lowest BCUT2D eigenvalue weighted by atomic mass is 10.1. The average molecular weight is 316 g/mol. The summed E-state index contributed by atoms with van der Waals surface area (Å²) in [5, 5.41) is 1.96. The van der Waals surface area contributed by atoms with Crippen LogP contribution in [0.15, 0.2) is 47.9 Å². The molecule has 0 fully saturated rings. The predicted molar refractivity (Wildman–Crippen MR) is 85.1 cm³/mol. The smallest absolute Gasteiger partial charge is 0.275 e. The second kappa shape index (κ2) is 6.21. The Labute approximate surface area is 129 Å². The van der Waals surface area contributed by atoms with Gasteiger partial charge in [-0.25, -0.2) is 15.8 Å². The van der Waals surface area contributed by atoms with Crippen LogP contribution in [0.3, 0.4) is 0 Å². The second-order valence-corrected chi connectivity index (χ2v) is 6.26. The Balaban J connectivity index is 1.97. The lowest BCUT2D eigenvalue weighted by Gasteiger charge is -2.03. The highest BCUT2D eigenvalue weighted by Gasteiger charge is 2.17. The number of thiophene rings is 1. The number of benzene rings is 1. The molecule has 0 unspecified atom stereocenters. The normalized spacial score (nSPS) is 10.7.